The molecule has 0 amide bonds. The van der Waals surface area contributed by atoms with Gasteiger partial charge in [-0.25, -0.2) is 9.59 Å². The first kappa shape index (κ1) is 22.9. The Hall–Kier alpha value is -4.77. The number of nitrogen functional groups attached to an aromatic ring is 2. The number of nitriles is 1. The summed E-state index contributed by atoms with van der Waals surface area (Å²) in [6, 6.07) is 19.2. The first-order valence-corrected chi connectivity index (χ1v) is 9.89. The maximum absolute atomic E-state index is 12.0. The lowest BCUT2D eigenvalue weighted by molar-refractivity contribution is -0.138. The van der Waals surface area contributed by atoms with Crippen molar-refractivity contribution in [3.63, 3.8) is 0 Å². The molecule has 3 rings (SSSR count). The van der Waals surface area contributed by atoms with Gasteiger partial charge in [-0.1, -0.05) is 36.4 Å². The van der Waals surface area contributed by atoms with Gasteiger partial charge < -0.3 is 25.7 Å². The number of hydrogen-bond acceptors (Lipinski definition) is 8. The lowest BCUT2D eigenvalue weighted by Gasteiger charge is -2.07. The molecule has 166 valence electrons. The van der Waals surface area contributed by atoms with Gasteiger partial charge in [0.05, 0.1) is 5.56 Å². The fraction of sp³-hybridized carbons (Fsp3) is 0.0800. The van der Waals surface area contributed by atoms with Crippen molar-refractivity contribution in [1.29, 1.82) is 5.26 Å². The zero-order valence-corrected chi connectivity index (χ0v) is 17.6. The van der Waals surface area contributed by atoms with Crippen molar-refractivity contribution >= 4 is 29.4 Å². The molecule has 0 aromatic heterocycles. The number of rotatable bonds is 8. The number of benzene rings is 3. The van der Waals surface area contributed by atoms with Crippen LogP contribution in [0.1, 0.15) is 15.9 Å². The van der Waals surface area contributed by atoms with Crippen LogP contribution in [0.25, 0.3) is 17.2 Å². The number of carbonyl (C=O) groups excluding carboxylic acids is 2. The summed E-state index contributed by atoms with van der Waals surface area (Å²) in [4.78, 5) is 23.9. The Bertz CT molecular complexity index is 1200. The van der Waals surface area contributed by atoms with E-state index in [4.69, 9.17) is 30.9 Å². The van der Waals surface area contributed by atoms with E-state index in [1.807, 2.05) is 36.4 Å². The highest BCUT2D eigenvalue weighted by atomic mass is 16.6. The van der Waals surface area contributed by atoms with Crippen LogP contribution in [0.2, 0.25) is 0 Å². The van der Waals surface area contributed by atoms with Crippen LogP contribution in [0.3, 0.4) is 0 Å². The molecule has 8 nitrogen and oxygen atoms in total. The van der Waals surface area contributed by atoms with E-state index in [2.05, 4.69) is 0 Å². The monoisotopic (exact) mass is 443 g/mol. The Morgan fingerprint density at radius 2 is 1.52 bits per heavy atom. The molecular formula is C25H21N3O5. The average molecular weight is 443 g/mol. The third kappa shape index (κ3) is 6.60. The summed E-state index contributed by atoms with van der Waals surface area (Å²) in [5, 5.41) is 8.53. The van der Waals surface area contributed by atoms with Gasteiger partial charge in [-0.3, -0.25) is 0 Å². The highest BCUT2D eigenvalue weighted by Crippen LogP contribution is 2.23. The molecule has 0 saturated carbocycles. The summed E-state index contributed by atoms with van der Waals surface area (Å²) >= 11 is 0. The second-order valence-electron chi connectivity index (χ2n) is 6.82. The normalized spacial score (nSPS) is 10.4. The molecule has 0 aliphatic carbocycles. The van der Waals surface area contributed by atoms with Gasteiger partial charge in [-0.15, -0.1) is 5.26 Å². The van der Waals surface area contributed by atoms with Gasteiger partial charge in [-0.05, 0) is 53.1 Å². The zero-order chi connectivity index (χ0) is 23.6. The first-order valence-electron chi connectivity index (χ1n) is 9.89. The van der Waals surface area contributed by atoms with Crippen molar-refractivity contribution in [3.8, 4) is 23.1 Å². The quantitative estimate of drug-likeness (QED) is 0.176. The second-order valence-corrected chi connectivity index (χ2v) is 6.82. The van der Waals surface area contributed by atoms with Crippen molar-refractivity contribution in [2.75, 3.05) is 24.7 Å². The summed E-state index contributed by atoms with van der Waals surface area (Å²) in [6.07, 6.45) is 4.55. The van der Waals surface area contributed by atoms with Gasteiger partial charge in [0.1, 0.15) is 19.0 Å². The molecule has 8 heteroatoms. The second kappa shape index (κ2) is 11.0. The van der Waals surface area contributed by atoms with Gasteiger partial charge in [0.2, 0.25) is 0 Å². The van der Waals surface area contributed by atoms with E-state index < -0.39 is 11.9 Å². The molecule has 0 spiro atoms. The SMILES string of the molecule is N#COc1ccc(-c2ccc(/C=C/C(=O)OCCOC(=O)c3ccc(N)cc3N)cc2)cc1. The molecule has 0 aliphatic rings. The molecule has 0 saturated heterocycles. The Morgan fingerprint density at radius 1 is 0.879 bits per heavy atom. The maximum Gasteiger partial charge on any atom is 0.340 e. The highest BCUT2D eigenvalue weighted by Gasteiger charge is 2.11. The van der Waals surface area contributed by atoms with E-state index in [1.165, 1.54) is 18.2 Å². The van der Waals surface area contributed by atoms with Crippen LogP contribution in [-0.2, 0) is 14.3 Å². The van der Waals surface area contributed by atoms with E-state index in [1.54, 1.807) is 30.5 Å². The van der Waals surface area contributed by atoms with Crippen molar-refractivity contribution in [3.05, 3.63) is 83.9 Å². The number of anilines is 2. The van der Waals surface area contributed by atoms with Gasteiger partial charge >= 0.3 is 11.9 Å². The summed E-state index contributed by atoms with van der Waals surface area (Å²) in [7, 11) is 0. The standard InChI is InChI=1S/C25H21N3O5/c26-16-33-21-9-6-19(7-10-21)18-4-1-17(2-5-18)3-12-24(29)31-13-14-32-25(30)22-11-8-20(27)15-23(22)28/h1-12,15H,13-14,27-28H2/b12-3+. The van der Waals surface area contributed by atoms with Crippen molar-refractivity contribution in [1.82, 2.24) is 0 Å². The fourth-order valence-electron chi connectivity index (χ4n) is 2.89. The Balaban J connectivity index is 1.44. The van der Waals surface area contributed by atoms with Crippen molar-refractivity contribution in [2.45, 2.75) is 0 Å². The Labute approximate surface area is 190 Å². The molecule has 3 aromatic carbocycles. The number of hydrogen-bond donors (Lipinski definition) is 2. The van der Waals surface area contributed by atoms with Crippen LogP contribution in [-0.4, -0.2) is 25.2 Å². The molecule has 4 N–H and O–H groups in total. The molecule has 0 fully saturated rings. The van der Waals surface area contributed by atoms with Crippen LogP contribution in [0.5, 0.6) is 5.75 Å². The topological polar surface area (TPSA) is 138 Å². The molecular weight excluding hydrogens is 422 g/mol. The molecule has 0 bridgehead atoms. The lowest BCUT2D eigenvalue weighted by Crippen LogP contribution is -2.14. The highest BCUT2D eigenvalue weighted by molar-refractivity contribution is 5.95. The van der Waals surface area contributed by atoms with Gasteiger partial charge in [0.15, 0.2) is 0 Å². The third-order valence-corrected chi connectivity index (χ3v) is 4.53. The van der Waals surface area contributed by atoms with Crippen molar-refractivity contribution < 1.29 is 23.8 Å². The minimum atomic E-state index is -0.619. The minimum Gasteiger partial charge on any atom is -0.459 e. The Morgan fingerprint density at radius 3 is 2.15 bits per heavy atom. The number of ether oxygens (including phenoxy) is 3. The summed E-state index contributed by atoms with van der Waals surface area (Å²) in [5.74, 6) is -0.704. The van der Waals surface area contributed by atoms with E-state index in [0.717, 1.165) is 16.7 Å². The van der Waals surface area contributed by atoms with Crippen LogP contribution in [0.15, 0.2) is 72.8 Å². The molecule has 33 heavy (non-hydrogen) atoms. The zero-order valence-electron chi connectivity index (χ0n) is 17.6. The maximum atomic E-state index is 12.0. The summed E-state index contributed by atoms with van der Waals surface area (Å²) < 4.78 is 14.9. The number of esters is 2. The van der Waals surface area contributed by atoms with Crippen LogP contribution < -0.4 is 16.2 Å². The minimum absolute atomic E-state index is 0.0890. The lowest BCUT2D eigenvalue weighted by atomic mass is 10.0. The van der Waals surface area contributed by atoms with Crippen molar-refractivity contribution in [2.24, 2.45) is 0 Å². The third-order valence-electron chi connectivity index (χ3n) is 4.53. The summed E-state index contributed by atoms with van der Waals surface area (Å²) in [6.45, 7) is -0.191. The molecule has 0 unspecified atom stereocenters. The first-order chi connectivity index (χ1) is 16.0. The largest absolute Gasteiger partial charge is 0.459 e. The molecule has 0 radical (unpaired) electrons. The fourth-order valence-corrected chi connectivity index (χ4v) is 2.89. The number of carbonyl (C=O) groups is 2. The predicted octanol–water partition coefficient (Wildman–Crippen LogP) is 3.79. The van der Waals surface area contributed by atoms with E-state index in [-0.39, 0.29) is 24.5 Å². The van der Waals surface area contributed by atoms with Crippen LogP contribution in [0, 0.1) is 11.5 Å². The van der Waals surface area contributed by atoms with Gasteiger partial charge in [-0.2, -0.15) is 0 Å². The summed E-state index contributed by atoms with van der Waals surface area (Å²) in [5.41, 5.74) is 14.9. The van der Waals surface area contributed by atoms with E-state index in [0.29, 0.717) is 11.4 Å². The smallest absolute Gasteiger partial charge is 0.340 e. The number of nitrogens with zero attached hydrogens (tertiary/aromatic N) is 1. The molecule has 0 heterocycles. The average Bonchev–Trinajstić information content (AvgIpc) is 2.81. The number of nitrogens with two attached hydrogens (primary N) is 2. The molecule has 3 aromatic rings. The van der Waals surface area contributed by atoms with E-state index >= 15 is 0 Å². The molecule has 0 aliphatic heterocycles. The van der Waals surface area contributed by atoms with Crippen LogP contribution >= 0.6 is 0 Å². The van der Waals surface area contributed by atoms with Crippen LogP contribution in [0.4, 0.5) is 11.4 Å². The predicted molar refractivity (Wildman–Crippen MR) is 124 cm³/mol. The Kier molecular flexibility index (Phi) is 7.65. The van der Waals surface area contributed by atoms with E-state index in [9.17, 15) is 9.59 Å². The van der Waals surface area contributed by atoms with Gasteiger partial charge in [0.25, 0.3) is 6.26 Å². The van der Waals surface area contributed by atoms with Gasteiger partial charge in [0, 0.05) is 17.5 Å². The molecule has 0 atom stereocenters.